The number of unbranched alkanes of at least 4 members (excludes halogenated alkanes) is 6. The molecule has 0 aliphatic heterocycles. The lowest BCUT2D eigenvalue weighted by Gasteiger charge is -2.09. The summed E-state index contributed by atoms with van der Waals surface area (Å²) in [5.41, 5.74) is 0.292. The molecule has 0 fully saturated rings. The molecule has 0 heterocycles. The van der Waals surface area contributed by atoms with Crippen LogP contribution in [0.15, 0.2) is 12.1 Å². The Morgan fingerprint density at radius 1 is 0.952 bits per heavy atom. The first-order valence-electron chi connectivity index (χ1n) is 7.56. The third-order valence-electron chi connectivity index (χ3n) is 3.41. The average molecular weight is 300 g/mol. The van der Waals surface area contributed by atoms with Gasteiger partial charge in [0.05, 0.1) is 0 Å². The van der Waals surface area contributed by atoms with E-state index >= 15 is 0 Å². The maximum atomic E-state index is 13.8. The van der Waals surface area contributed by atoms with Gasteiger partial charge in [0.1, 0.15) is 5.75 Å². The molecule has 1 rings (SSSR count). The SMILES string of the molecule is CCCCCCCCCc1ccc(OB(O)O)c(F)c1F. The van der Waals surface area contributed by atoms with Crippen molar-refractivity contribution in [2.24, 2.45) is 0 Å². The van der Waals surface area contributed by atoms with E-state index in [0.29, 0.717) is 12.0 Å². The van der Waals surface area contributed by atoms with Gasteiger partial charge in [-0.15, -0.1) is 0 Å². The first-order valence-corrected chi connectivity index (χ1v) is 7.56. The Hall–Kier alpha value is -1.14. The lowest BCUT2D eigenvalue weighted by molar-refractivity contribution is 0.279. The van der Waals surface area contributed by atoms with E-state index in [1.165, 1.54) is 37.8 Å². The largest absolute Gasteiger partial charge is 0.707 e. The molecule has 21 heavy (non-hydrogen) atoms. The molecule has 3 nitrogen and oxygen atoms in total. The molecule has 0 atom stereocenters. The van der Waals surface area contributed by atoms with Crippen molar-refractivity contribution in [2.45, 2.75) is 58.3 Å². The Labute approximate surface area is 125 Å². The quantitative estimate of drug-likeness (QED) is 0.512. The highest BCUT2D eigenvalue weighted by atomic mass is 19.2. The molecule has 0 unspecified atom stereocenters. The van der Waals surface area contributed by atoms with Crippen LogP contribution >= 0.6 is 0 Å². The molecule has 0 aliphatic carbocycles. The molecule has 118 valence electrons. The Kier molecular flexibility index (Phi) is 8.31. The fraction of sp³-hybridized carbons (Fsp3) is 0.600. The Balaban J connectivity index is 2.40. The Bertz CT molecular complexity index is 428. The van der Waals surface area contributed by atoms with Crippen LogP contribution in [0.4, 0.5) is 8.78 Å². The first kappa shape index (κ1) is 17.9. The first-order chi connectivity index (χ1) is 10.1. The van der Waals surface area contributed by atoms with Crippen LogP contribution in [-0.4, -0.2) is 17.4 Å². The minimum atomic E-state index is -2.16. The van der Waals surface area contributed by atoms with Crippen LogP contribution in [0, 0.1) is 11.6 Å². The van der Waals surface area contributed by atoms with E-state index in [9.17, 15) is 8.78 Å². The summed E-state index contributed by atoms with van der Waals surface area (Å²) >= 11 is 0. The van der Waals surface area contributed by atoms with Crippen LogP contribution in [0.25, 0.3) is 0 Å². The lowest BCUT2D eigenvalue weighted by atomic mass is 10.0. The molecule has 0 amide bonds. The maximum Gasteiger partial charge on any atom is 0.707 e. The molecule has 0 saturated carbocycles. The number of halogens is 2. The molecule has 1 aromatic rings. The second-order valence-corrected chi connectivity index (χ2v) is 5.17. The molecule has 0 aromatic heterocycles. The van der Waals surface area contributed by atoms with Gasteiger partial charge >= 0.3 is 7.32 Å². The van der Waals surface area contributed by atoms with Gasteiger partial charge in [-0.3, -0.25) is 0 Å². The number of rotatable bonds is 10. The van der Waals surface area contributed by atoms with Gasteiger partial charge in [0.15, 0.2) is 11.6 Å². The van der Waals surface area contributed by atoms with E-state index in [-0.39, 0.29) is 0 Å². The summed E-state index contributed by atoms with van der Waals surface area (Å²) in [5.74, 6) is -2.64. The van der Waals surface area contributed by atoms with Crippen molar-refractivity contribution in [1.29, 1.82) is 0 Å². The normalized spacial score (nSPS) is 10.7. The molecule has 0 aliphatic rings. The molecular weight excluding hydrogens is 277 g/mol. The number of aryl methyl sites for hydroxylation is 1. The van der Waals surface area contributed by atoms with Crippen LogP contribution < -0.4 is 4.65 Å². The third-order valence-corrected chi connectivity index (χ3v) is 3.41. The zero-order valence-electron chi connectivity index (χ0n) is 12.4. The number of benzene rings is 1. The summed E-state index contributed by atoms with van der Waals surface area (Å²) in [6, 6.07) is 2.64. The van der Waals surface area contributed by atoms with Crippen molar-refractivity contribution in [2.75, 3.05) is 0 Å². The second-order valence-electron chi connectivity index (χ2n) is 5.17. The Morgan fingerprint density at radius 2 is 1.57 bits per heavy atom. The van der Waals surface area contributed by atoms with Crippen molar-refractivity contribution in [3.05, 3.63) is 29.3 Å². The highest BCUT2D eigenvalue weighted by Gasteiger charge is 2.19. The summed E-state index contributed by atoms with van der Waals surface area (Å²) in [4.78, 5) is 0. The zero-order chi connectivity index (χ0) is 15.7. The highest BCUT2D eigenvalue weighted by Crippen LogP contribution is 2.24. The second kappa shape index (κ2) is 9.74. The van der Waals surface area contributed by atoms with E-state index in [2.05, 4.69) is 11.6 Å². The van der Waals surface area contributed by atoms with Crippen LogP contribution in [0.1, 0.15) is 57.4 Å². The fourth-order valence-electron chi connectivity index (χ4n) is 2.24. The Morgan fingerprint density at radius 3 is 2.19 bits per heavy atom. The molecule has 0 saturated heterocycles. The molecular formula is C15H23BF2O3. The van der Waals surface area contributed by atoms with Gasteiger partial charge in [-0.05, 0) is 24.5 Å². The molecule has 2 N–H and O–H groups in total. The zero-order valence-corrected chi connectivity index (χ0v) is 12.4. The number of hydrogen-bond acceptors (Lipinski definition) is 3. The lowest BCUT2D eigenvalue weighted by Crippen LogP contribution is -2.21. The van der Waals surface area contributed by atoms with Gasteiger partial charge < -0.3 is 14.7 Å². The highest BCUT2D eigenvalue weighted by molar-refractivity contribution is 6.33. The van der Waals surface area contributed by atoms with Gasteiger partial charge in [0.2, 0.25) is 0 Å². The predicted molar refractivity (Wildman–Crippen MR) is 78.9 cm³/mol. The van der Waals surface area contributed by atoms with E-state index < -0.39 is 24.7 Å². The monoisotopic (exact) mass is 300 g/mol. The van der Waals surface area contributed by atoms with Crippen LogP contribution in [0.2, 0.25) is 0 Å². The topological polar surface area (TPSA) is 49.7 Å². The average Bonchev–Trinajstić information content (AvgIpc) is 2.44. The van der Waals surface area contributed by atoms with Gasteiger partial charge in [-0.25, -0.2) is 4.39 Å². The predicted octanol–water partition coefficient (Wildman–Crippen LogP) is 3.61. The minimum absolute atomic E-state index is 0.292. The third kappa shape index (κ3) is 6.44. The summed E-state index contributed by atoms with van der Waals surface area (Å²) in [5, 5.41) is 17.2. The van der Waals surface area contributed by atoms with E-state index in [4.69, 9.17) is 10.0 Å². The molecule has 1 aromatic carbocycles. The summed E-state index contributed by atoms with van der Waals surface area (Å²) in [6.07, 6.45) is 8.27. The maximum absolute atomic E-state index is 13.8. The van der Waals surface area contributed by atoms with E-state index in [0.717, 1.165) is 19.3 Å². The van der Waals surface area contributed by atoms with Crippen LogP contribution in [0.3, 0.4) is 0 Å². The van der Waals surface area contributed by atoms with Gasteiger partial charge in [-0.2, -0.15) is 4.39 Å². The van der Waals surface area contributed by atoms with Crippen LogP contribution in [-0.2, 0) is 6.42 Å². The van der Waals surface area contributed by atoms with E-state index in [1.807, 2.05) is 0 Å². The molecule has 0 radical (unpaired) electrons. The van der Waals surface area contributed by atoms with Crippen molar-refractivity contribution in [3.63, 3.8) is 0 Å². The standard InChI is InChI=1S/C15H23BF2O3/c1-2-3-4-5-6-7-8-9-12-10-11-13(21-16(19)20)15(18)14(12)17/h10-11,19-20H,2-9H2,1H3. The summed E-state index contributed by atoms with van der Waals surface area (Å²) < 4.78 is 31.7. The number of hydrogen-bond donors (Lipinski definition) is 2. The van der Waals surface area contributed by atoms with Crippen molar-refractivity contribution >= 4 is 7.32 Å². The smallest absolute Gasteiger partial charge is 0.509 e. The summed E-state index contributed by atoms with van der Waals surface area (Å²) in [7, 11) is -2.16. The van der Waals surface area contributed by atoms with Crippen molar-refractivity contribution < 1.29 is 23.5 Å². The minimum Gasteiger partial charge on any atom is -0.509 e. The van der Waals surface area contributed by atoms with Gasteiger partial charge in [-0.1, -0.05) is 51.5 Å². The van der Waals surface area contributed by atoms with Crippen molar-refractivity contribution in [1.82, 2.24) is 0 Å². The van der Waals surface area contributed by atoms with Gasteiger partial charge in [0, 0.05) is 0 Å². The van der Waals surface area contributed by atoms with Crippen molar-refractivity contribution in [3.8, 4) is 5.75 Å². The van der Waals surface area contributed by atoms with Gasteiger partial charge in [0.25, 0.3) is 0 Å². The van der Waals surface area contributed by atoms with Crippen LogP contribution in [0.5, 0.6) is 5.75 Å². The van der Waals surface area contributed by atoms with E-state index in [1.54, 1.807) is 0 Å². The summed E-state index contributed by atoms with van der Waals surface area (Å²) in [6.45, 7) is 2.17. The molecule has 0 spiro atoms. The molecule has 0 bridgehead atoms. The fourth-order valence-corrected chi connectivity index (χ4v) is 2.24. The molecule has 6 heteroatoms.